The van der Waals surface area contributed by atoms with Gasteiger partial charge in [0.2, 0.25) is 0 Å². The van der Waals surface area contributed by atoms with Gasteiger partial charge in [0.15, 0.2) is 0 Å². The van der Waals surface area contributed by atoms with Gasteiger partial charge in [0.25, 0.3) is 0 Å². The Kier molecular flexibility index (Phi) is 13.2. The molecular formula is H10Cr4N2O14. The van der Waals surface area contributed by atoms with Gasteiger partial charge in [-0.05, 0) is 0 Å². The van der Waals surface area contributed by atoms with Crippen molar-refractivity contribution in [3.05, 3.63) is 0 Å². The van der Waals surface area contributed by atoms with Crippen LogP contribution in [0.5, 0.6) is 0 Å². The average molecular weight is 470 g/mol. The molecule has 20 heavy (non-hydrogen) atoms. The van der Waals surface area contributed by atoms with Gasteiger partial charge in [0.05, 0.1) is 0 Å². The first-order valence-electron chi connectivity index (χ1n) is 2.70. The van der Waals surface area contributed by atoms with Gasteiger partial charge in [-0.2, -0.15) is 0 Å². The zero-order valence-corrected chi connectivity index (χ0v) is 14.5. The molecule has 0 bridgehead atoms. The Balaban J connectivity index is -0.000000116. The SMILES string of the molecule is [NH4+].[NH4+].[O]=[Cr](=[O])([O-])[O][Cr](=[O])(=[O])[O-].[O]=[Cr](=[O])([OH])[O][Cr](=[O])(=[O])[OH]. The van der Waals surface area contributed by atoms with E-state index in [2.05, 4.69) is 5.68 Å². The second kappa shape index (κ2) is 9.27. The van der Waals surface area contributed by atoms with Crippen LogP contribution in [-0.2, 0) is 90.6 Å². The number of quaternary nitrogens is 2. The maximum atomic E-state index is 9.53. The van der Waals surface area contributed by atoms with E-state index in [0.29, 0.717) is 0 Å². The Morgan fingerprint density at radius 3 is 0.800 bits per heavy atom. The van der Waals surface area contributed by atoms with Crippen molar-refractivity contribution in [2.75, 3.05) is 0 Å². The third kappa shape index (κ3) is 36.2. The fourth-order valence-electron chi connectivity index (χ4n) is 0.211. The molecule has 0 aromatic heterocycles. The van der Waals surface area contributed by atoms with Crippen LogP contribution in [0.3, 0.4) is 0 Å². The van der Waals surface area contributed by atoms with Gasteiger partial charge >= 0.3 is 107 Å². The number of rotatable bonds is 4. The Morgan fingerprint density at radius 2 is 0.800 bits per heavy atom. The van der Waals surface area contributed by atoms with Gasteiger partial charge in [-0.15, -0.1) is 0 Å². The molecule has 20 heteroatoms. The summed E-state index contributed by atoms with van der Waals surface area (Å²) in [5, 5.41) is 0. The molecular weight excluding hydrogens is 460 g/mol. The normalized spacial score (nSPS) is 12.2. The van der Waals surface area contributed by atoms with Crippen molar-refractivity contribution < 1.29 is 107 Å². The van der Waals surface area contributed by atoms with Crippen LogP contribution in [0.25, 0.3) is 0 Å². The van der Waals surface area contributed by atoms with E-state index in [1.807, 2.05) is 0 Å². The Morgan fingerprint density at radius 1 is 0.600 bits per heavy atom. The molecule has 0 aliphatic rings. The molecule has 16 nitrogen and oxygen atoms in total. The van der Waals surface area contributed by atoms with E-state index in [0.717, 1.165) is 0 Å². The predicted molar refractivity (Wildman–Crippen MR) is 24.1 cm³/mol. The van der Waals surface area contributed by atoms with Crippen LogP contribution < -0.4 is 20.6 Å². The summed E-state index contributed by atoms with van der Waals surface area (Å²) in [6.45, 7) is 0. The van der Waals surface area contributed by atoms with Crippen LogP contribution in [0, 0.1) is 0 Å². The van der Waals surface area contributed by atoms with E-state index in [-0.39, 0.29) is 12.3 Å². The minimum absolute atomic E-state index is 0. The molecule has 0 saturated carbocycles. The second-order valence-electron chi connectivity index (χ2n) is 1.81. The van der Waals surface area contributed by atoms with Crippen molar-refractivity contribution in [2.24, 2.45) is 0 Å². The molecule has 128 valence electrons. The molecule has 0 heterocycles. The molecule has 0 aliphatic carbocycles. The summed E-state index contributed by atoms with van der Waals surface area (Å²) in [5.41, 5.74) is 0. The fraction of sp³-hybridized carbons (Fsp3) is 0. The maximum absolute atomic E-state index is 9.53. The van der Waals surface area contributed by atoms with E-state index in [1.165, 1.54) is 0 Å². The van der Waals surface area contributed by atoms with Crippen LogP contribution in [0.15, 0.2) is 0 Å². The summed E-state index contributed by atoms with van der Waals surface area (Å²) in [4.78, 5) is 0. The standard InChI is InChI=1S/4Cr.2H3N.2H2O.12O/h;;;;2*1H3;2*1H2;;;;;;;;;;;;/q;;2*+1;;;;;;;;;;;;;;;2*-1. The number of hydrogen-bond acceptors (Lipinski definition) is 12. The first-order chi connectivity index (χ1) is 7.41. The number of hydrogen-bond donors (Lipinski definition) is 4. The zero-order valence-electron chi connectivity index (χ0n) is 9.43. The molecule has 0 unspecified atom stereocenters. The monoisotopic (exact) mass is 470 g/mol. The van der Waals surface area contributed by atoms with Crippen molar-refractivity contribution in [3.8, 4) is 0 Å². The van der Waals surface area contributed by atoms with Crippen molar-refractivity contribution in [1.82, 2.24) is 12.3 Å². The molecule has 0 aromatic carbocycles. The van der Waals surface area contributed by atoms with Crippen molar-refractivity contribution >= 4 is 0 Å². The fourth-order valence-corrected chi connectivity index (χ4v) is 3.58. The van der Waals surface area contributed by atoms with E-state index in [9.17, 15) is 38.7 Å². The first kappa shape index (κ1) is 28.4. The van der Waals surface area contributed by atoms with Crippen molar-refractivity contribution in [1.29, 1.82) is 0 Å². The summed E-state index contributed by atoms with van der Waals surface area (Å²) >= 11 is -23.7. The third-order valence-electron chi connectivity index (χ3n) is 0.339. The average Bonchev–Trinajstić information content (AvgIpc) is 1.64. The van der Waals surface area contributed by atoms with Gasteiger partial charge < -0.3 is 12.3 Å². The van der Waals surface area contributed by atoms with E-state index in [4.69, 9.17) is 8.32 Å². The van der Waals surface area contributed by atoms with Crippen LogP contribution >= 0.6 is 0 Å². The summed E-state index contributed by atoms with van der Waals surface area (Å²) < 4.78 is 115. The minimum atomic E-state index is -6.07. The van der Waals surface area contributed by atoms with Gasteiger partial charge in [0, 0.05) is 0 Å². The third-order valence-corrected chi connectivity index (χ3v) is 5.76. The van der Waals surface area contributed by atoms with Crippen molar-refractivity contribution in [2.45, 2.75) is 0 Å². The Hall–Kier alpha value is 0.210. The van der Waals surface area contributed by atoms with E-state index >= 15 is 0 Å². The quantitative estimate of drug-likeness (QED) is 0.306. The molecule has 0 radical (unpaired) electrons. The van der Waals surface area contributed by atoms with Crippen LogP contribution in [0.4, 0.5) is 0 Å². The van der Waals surface area contributed by atoms with Gasteiger partial charge in [-0.3, -0.25) is 0 Å². The molecule has 0 aliphatic heterocycles. The summed E-state index contributed by atoms with van der Waals surface area (Å²) in [6.07, 6.45) is 0. The van der Waals surface area contributed by atoms with Gasteiger partial charge in [-0.25, -0.2) is 0 Å². The molecule has 0 amide bonds. The second-order valence-corrected chi connectivity index (χ2v) is 9.21. The molecule has 0 spiro atoms. The van der Waals surface area contributed by atoms with Crippen LogP contribution in [-0.4, -0.2) is 8.32 Å². The van der Waals surface area contributed by atoms with Crippen LogP contribution in [0.1, 0.15) is 0 Å². The predicted octanol–water partition coefficient (Wildman–Crippen LogP) is -3.84. The Bertz CT molecular complexity index is 535. The Labute approximate surface area is 119 Å². The van der Waals surface area contributed by atoms with E-state index < -0.39 is 54.5 Å². The summed E-state index contributed by atoms with van der Waals surface area (Å²) in [5.74, 6) is 0. The van der Waals surface area contributed by atoms with Gasteiger partial charge in [-0.1, -0.05) is 0 Å². The zero-order chi connectivity index (χ0) is 15.4. The van der Waals surface area contributed by atoms with Crippen molar-refractivity contribution in [3.63, 3.8) is 0 Å². The molecule has 0 aromatic rings. The molecule has 0 atom stereocenters. The summed E-state index contributed by atoms with van der Waals surface area (Å²) in [7, 11) is 0. The molecule has 0 saturated heterocycles. The van der Waals surface area contributed by atoms with Crippen LogP contribution in [0.2, 0.25) is 0 Å². The topological polar surface area (TPSA) is 315 Å². The molecule has 0 rings (SSSR count). The molecule has 10 N–H and O–H groups in total. The molecule has 0 fully saturated rings. The van der Waals surface area contributed by atoms with E-state index in [1.54, 1.807) is 0 Å². The summed E-state index contributed by atoms with van der Waals surface area (Å²) in [6, 6.07) is 0. The van der Waals surface area contributed by atoms with Gasteiger partial charge in [0.1, 0.15) is 0 Å². The first-order valence-corrected chi connectivity index (χ1v) is 11.1.